The minimum atomic E-state index is -1.63. The molecule has 0 aliphatic heterocycles. The van der Waals surface area contributed by atoms with Crippen LogP contribution in [0.1, 0.15) is 17.3 Å². The Kier molecular flexibility index (Phi) is 2.77. The van der Waals surface area contributed by atoms with Gasteiger partial charge in [-0.15, -0.1) is 0 Å². The zero-order valence-corrected chi connectivity index (χ0v) is 8.84. The van der Waals surface area contributed by atoms with Crippen molar-refractivity contribution in [2.75, 3.05) is 0 Å². The normalized spacial score (nSPS) is 10.4. The number of rotatable bonds is 2. The number of hydrogen-bond acceptors (Lipinski definition) is 3. The molecule has 0 amide bonds. The van der Waals surface area contributed by atoms with Crippen molar-refractivity contribution >= 4 is 29.1 Å². The Morgan fingerprint density at radius 1 is 1.12 bits per heavy atom. The van der Waals surface area contributed by atoms with E-state index >= 15 is 0 Å². The summed E-state index contributed by atoms with van der Waals surface area (Å²) in [5.41, 5.74) is 0.638. The molecule has 0 aromatic heterocycles. The van der Waals surface area contributed by atoms with Crippen LogP contribution < -0.4 is 5.46 Å². The molecule has 0 saturated carbocycles. The molecular weight excluding hydrogens is 203 g/mol. The van der Waals surface area contributed by atoms with Crippen LogP contribution in [0.2, 0.25) is 0 Å². The van der Waals surface area contributed by atoms with Gasteiger partial charge in [0.15, 0.2) is 5.78 Å². The highest BCUT2D eigenvalue weighted by atomic mass is 16.4. The molecule has 3 nitrogen and oxygen atoms in total. The molecule has 0 spiro atoms. The van der Waals surface area contributed by atoms with Gasteiger partial charge in [-0.3, -0.25) is 4.79 Å². The number of hydrogen-bond donors (Lipinski definition) is 2. The monoisotopic (exact) mass is 214 g/mol. The zero-order valence-electron chi connectivity index (χ0n) is 8.84. The molecule has 2 aromatic rings. The first-order valence-corrected chi connectivity index (χ1v) is 5.00. The Bertz CT molecular complexity index is 549. The van der Waals surface area contributed by atoms with Crippen LogP contribution in [0.4, 0.5) is 0 Å². The summed E-state index contributed by atoms with van der Waals surface area (Å²) >= 11 is 0. The van der Waals surface area contributed by atoms with Crippen LogP contribution in [-0.4, -0.2) is 22.9 Å². The maximum atomic E-state index is 11.4. The molecule has 2 rings (SSSR count). The van der Waals surface area contributed by atoms with E-state index in [0.717, 1.165) is 5.39 Å². The largest absolute Gasteiger partial charge is 0.489 e. The SMILES string of the molecule is CC(=O)c1ccc2ccccc2c1B(O)O. The number of carbonyl (C=O) groups is 1. The molecular formula is C12H11BO3. The summed E-state index contributed by atoms with van der Waals surface area (Å²) in [7, 11) is -1.63. The molecule has 0 saturated heterocycles. The fraction of sp³-hybridized carbons (Fsp3) is 0.0833. The summed E-state index contributed by atoms with van der Waals surface area (Å²) < 4.78 is 0. The van der Waals surface area contributed by atoms with Crippen LogP contribution in [0, 0.1) is 0 Å². The van der Waals surface area contributed by atoms with Crippen molar-refractivity contribution in [3.8, 4) is 0 Å². The highest BCUT2D eigenvalue weighted by Gasteiger charge is 2.21. The van der Waals surface area contributed by atoms with E-state index in [4.69, 9.17) is 0 Å². The lowest BCUT2D eigenvalue weighted by molar-refractivity contribution is 0.101. The van der Waals surface area contributed by atoms with Crippen molar-refractivity contribution in [1.82, 2.24) is 0 Å². The van der Waals surface area contributed by atoms with Gasteiger partial charge in [0.2, 0.25) is 0 Å². The second kappa shape index (κ2) is 4.08. The molecule has 0 bridgehead atoms. The number of fused-ring (bicyclic) bond motifs is 1. The lowest BCUT2D eigenvalue weighted by Gasteiger charge is -2.10. The van der Waals surface area contributed by atoms with Crippen LogP contribution in [0.5, 0.6) is 0 Å². The first-order chi connectivity index (χ1) is 7.61. The van der Waals surface area contributed by atoms with E-state index in [9.17, 15) is 14.8 Å². The Morgan fingerprint density at radius 3 is 2.44 bits per heavy atom. The van der Waals surface area contributed by atoms with Gasteiger partial charge in [-0.1, -0.05) is 36.4 Å². The molecule has 0 unspecified atom stereocenters. The Morgan fingerprint density at radius 2 is 1.81 bits per heavy atom. The lowest BCUT2D eigenvalue weighted by atomic mass is 9.73. The first-order valence-electron chi connectivity index (χ1n) is 5.00. The maximum Gasteiger partial charge on any atom is 0.489 e. The number of benzene rings is 2. The minimum absolute atomic E-state index is 0.172. The number of carbonyl (C=O) groups excluding carboxylic acids is 1. The molecule has 16 heavy (non-hydrogen) atoms. The summed E-state index contributed by atoms with van der Waals surface area (Å²) in [5.74, 6) is -0.172. The third-order valence-corrected chi connectivity index (χ3v) is 2.61. The highest BCUT2D eigenvalue weighted by Crippen LogP contribution is 2.14. The van der Waals surface area contributed by atoms with Gasteiger partial charge in [0.1, 0.15) is 0 Å². The number of Topliss-reactive ketones (excluding diaryl/α,β-unsaturated/α-hetero) is 1. The molecule has 0 aliphatic rings. The van der Waals surface area contributed by atoms with E-state index in [2.05, 4.69) is 0 Å². The second-order valence-corrected chi connectivity index (χ2v) is 3.68. The molecule has 0 atom stereocenters. The molecule has 0 aliphatic carbocycles. The quantitative estimate of drug-likeness (QED) is 0.572. The molecule has 80 valence electrons. The van der Waals surface area contributed by atoms with Crippen LogP contribution >= 0.6 is 0 Å². The highest BCUT2D eigenvalue weighted by molar-refractivity contribution is 6.63. The van der Waals surface area contributed by atoms with Crippen molar-refractivity contribution < 1.29 is 14.8 Å². The molecule has 2 aromatic carbocycles. The Labute approximate surface area is 93.5 Å². The second-order valence-electron chi connectivity index (χ2n) is 3.68. The summed E-state index contributed by atoms with van der Waals surface area (Å²) in [6.07, 6.45) is 0. The van der Waals surface area contributed by atoms with E-state index in [1.54, 1.807) is 24.3 Å². The van der Waals surface area contributed by atoms with E-state index in [1.165, 1.54) is 6.92 Å². The molecule has 0 heterocycles. The van der Waals surface area contributed by atoms with Crippen molar-refractivity contribution in [2.45, 2.75) is 6.92 Å². The smallest absolute Gasteiger partial charge is 0.423 e. The molecule has 2 N–H and O–H groups in total. The predicted molar refractivity (Wildman–Crippen MR) is 63.8 cm³/mol. The summed E-state index contributed by atoms with van der Waals surface area (Å²) in [5, 5.41) is 20.3. The van der Waals surface area contributed by atoms with Gasteiger partial charge in [-0.05, 0) is 17.7 Å². The molecule has 4 heteroatoms. The van der Waals surface area contributed by atoms with Gasteiger partial charge in [-0.25, -0.2) is 0 Å². The third-order valence-electron chi connectivity index (χ3n) is 2.61. The van der Waals surface area contributed by atoms with Gasteiger partial charge in [0.25, 0.3) is 0 Å². The lowest BCUT2D eigenvalue weighted by Crippen LogP contribution is -2.35. The van der Waals surface area contributed by atoms with Gasteiger partial charge >= 0.3 is 7.12 Å². The van der Waals surface area contributed by atoms with E-state index in [0.29, 0.717) is 10.9 Å². The minimum Gasteiger partial charge on any atom is -0.423 e. The average Bonchev–Trinajstić information content (AvgIpc) is 2.27. The van der Waals surface area contributed by atoms with Crippen LogP contribution in [0.3, 0.4) is 0 Å². The Balaban J connectivity index is 2.84. The zero-order chi connectivity index (χ0) is 11.7. The first kappa shape index (κ1) is 10.9. The summed E-state index contributed by atoms with van der Waals surface area (Å²) in [6.45, 7) is 1.41. The van der Waals surface area contributed by atoms with Crippen molar-refractivity contribution in [1.29, 1.82) is 0 Å². The van der Waals surface area contributed by atoms with Crippen molar-refractivity contribution in [3.63, 3.8) is 0 Å². The fourth-order valence-electron chi connectivity index (χ4n) is 1.88. The standard InChI is InChI=1S/C12H11BO3/c1-8(14)10-7-6-9-4-2-3-5-11(9)12(10)13(15)16/h2-7,15-16H,1H3. The third kappa shape index (κ3) is 1.73. The van der Waals surface area contributed by atoms with Gasteiger partial charge in [0.05, 0.1) is 0 Å². The molecule has 0 radical (unpaired) electrons. The van der Waals surface area contributed by atoms with E-state index < -0.39 is 7.12 Å². The molecule has 0 fully saturated rings. The van der Waals surface area contributed by atoms with Crippen LogP contribution in [0.15, 0.2) is 36.4 Å². The fourth-order valence-corrected chi connectivity index (χ4v) is 1.88. The van der Waals surface area contributed by atoms with Crippen molar-refractivity contribution in [3.05, 3.63) is 42.0 Å². The van der Waals surface area contributed by atoms with E-state index in [-0.39, 0.29) is 11.2 Å². The van der Waals surface area contributed by atoms with Crippen LogP contribution in [-0.2, 0) is 0 Å². The van der Waals surface area contributed by atoms with Crippen LogP contribution in [0.25, 0.3) is 10.8 Å². The maximum absolute atomic E-state index is 11.4. The average molecular weight is 214 g/mol. The summed E-state index contributed by atoms with van der Waals surface area (Å²) in [4.78, 5) is 11.4. The predicted octanol–water partition coefficient (Wildman–Crippen LogP) is 0.722. The Hall–Kier alpha value is -1.65. The van der Waals surface area contributed by atoms with Gasteiger partial charge in [0, 0.05) is 11.0 Å². The number of ketones is 1. The van der Waals surface area contributed by atoms with Gasteiger partial charge < -0.3 is 10.0 Å². The van der Waals surface area contributed by atoms with Gasteiger partial charge in [-0.2, -0.15) is 0 Å². The topological polar surface area (TPSA) is 57.5 Å². The summed E-state index contributed by atoms with van der Waals surface area (Å²) in [6, 6.07) is 10.7. The van der Waals surface area contributed by atoms with Crippen molar-refractivity contribution in [2.24, 2.45) is 0 Å². The van der Waals surface area contributed by atoms with E-state index in [1.807, 2.05) is 12.1 Å².